The highest BCUT2D eigenvalue weighted by atomic mass is 32.2. The molecule has 4 aromatic rings. The van der Waals surface area contributed by atoms with Gasteiger partial charge in [-0.25, -0.2) is 9.97 Å². The van der Waals surface area contributed by atoms with Gasteiger partial charge in [0.2, 0.25) is 5.82 Å². The molecule has 0 unspecified atom stereocenters. The van der Waals surface area contributed by atoms with Crippen molar-refractivity contribution >= 4 is 22.8 Å². The van der Waals surface area contributed by atoms with E-state index in [1.807, 2.05) is 46.3 Å². The molecule has 0 saturated carbocycles. The number of halogens is 3. The second-order valence-corrected chi connectivity index (χ2v) is 8.17. The summed E-state index contributed by atoms with van der Waals surface area (Å²) in [4.78, 5) is 27.3. The van der Waals surface area contributed by atoms with Gasteiger partial charge in [0.15, 0.2) is 10.2 Å². The van der Waals surface area contributed by atoms with Crippen LogP contribution in [0.2, 0.25) is 0 Å². The number of hydrogen-bond donors (Lipinski definition) is 2. The molecule has 1 aliphatic heterocycles. The number of hydrogen-bond acceptors (Lipinski definition) is 6. The standard InChI is InChI=1S/C20H16F3N5O2S/c21-20(22,23)18-24-13-7-8-28(10-12(13)17(29)27-18)9-11-5-6-16(30-11)31-19-25-14-3-1-2-4-15(14)26-19/h1-6H,7-10H2,(H,25,26)(H,24,27,29). The van der Waals surface area contributed by atoms with E-state index < -0.39 is 17.6 Å². The summed E-state index contributed by atoms with van der Waals surface area (Å²) in [5.41, 5.74) is 1.53. The van der Waals surface area contributed by atoms with Crippen LogP contribution in [0.3, 0.4) is 0 Å². The van der Waals surface area contributed by atoms with Crippen molar-refractivity contribution in [3.05, 3.63) is 69.6 Å². The maximum Gasteiger partial charge on any atom is 0.449 e. The Morgan fingerprint density at radius 3 is 2.77 bits per heavy atom. The topological polar surface area (TPSA) is 90.8 Å². The maximum atomic E-state index is 12.9. The lowest BCUT2D eigenvalue weighted by Gasteiger charge is -2.26. The summed E-state index contributed by atoms with van der Waals surface area (Å²) in [6.45, 7) is 1.12. The number of benzene rings is 1. The first-order chi connectivity index (χ1) is 14.8. The lowest BCUT2D eigenvalue weighted by atomic mass is 10.1. The van der Waals surface area contributed by atoms with E-state index in [4.69, 9.17) is 4.42 Å². The molecule has 160 valence electrons. The molecule has 1 aromatic carbocycles. The molecule has 11 heteroatoms. The quantitative estimate of drug-likeness (QED) is 0.492. The van der Waals surface area contributed by atoms with Crippen molar-refractivity contribution in [2.75, 3.05) is 6.54 Å². The molecular weight excluding hydrogens is 431 g/mol. The molecule has 31 heavy (non-hydrogen) atoms. The lowest BCUT2D eigenvalue weighted by molar-refractivity contribution is -0.145. The molecule has 0 atom stereocenters. The van der Waals surface area contributed by atoms with E-state index in [1.54, 1.807) is 0 Å². The average molecular weight is 447 g/mol. The Morgan fingerprint density at radius 2 is 1.97 bits per heavy atom. The number of aromatic amines is 2. The smallest absolute Gasteiger partial charge is 0.449 e. The third-order valence-corrected chi connectivity index (χ3v) is 5.80. The van der Waals surface area contributed by atoms with Crippen LogP contribution in [-0.2, 0) is 25.7 Å². The highest BCUT2D eigenvalue weighted by Crippen LogP contribution is 2.30. The van der Waals surface area contributed by atoms with Crippen LogP contribution >= 0.6 is 11.8 Å². The largest absolute Gasteiger partial charge is 0.453 e. The molecule has 0 spiro atoms. The van der Waals surface area contributed by atoms with E-state index in [-0.39, 0.29) is 24.2 Å². The molecule has 5 rings (SSSR count). The Morgan fingerprint density at radius 1 is 1.13 bits per heavy atom. The van der Waals surface area contributed by atoms with Crippen molar-refractivity contribution in [1.82, 2.24) is 24.8 Å². The van der Waals surface area contributed by atoms with Gasteiger partial charge in [-0.2, -0.15) is 13.2 Å². The molecule has 0 fully saturated rings. The van der Waals surface area contributed by atoms with Crippen LogP contribution in [0.5, 0.6) is 0 Å². The predicted octanol–water partition coefficient (Wildman–Crippen LogP) is 3.97. The summed E-state index contributed by atoms with van der Waals surface area (Å²) in [6, 6.07) is 11.4. The number of alkyl halides is 3. The van der Waals surface area contributed by atoms with Gasteiger partial charge in [-0.15, -0.1) is 0 Å². The number of fused-ring (bicyclic) bond motifs is 2. The molecule has 0 aliphatic carbocycles. The monoisotopic (exact) mass is 447 g/mol. The summed E-state index contributed by atoms with van der Waals surface area (Å²) >= 11 is 1.37. The fourth-order valence-corrected chi connectivity index (χ4v) is 4.32. The minimum absolute atomic E-state index is 0.202. The average Bonchev–Trinajstić information content (AvgIpc) is 3.33. The van der Waals surface area contributed by atoms with Crippen molar-refractivity contribution in [3.8, 4) is 0 Å². The number of imidazole rings is 1. The molecular formula is C20H16F3N5O2S. The Bertz CT molecular complexity index is 1280. The van der Waals surface area contributed by atoms with Crippen LogP contribution in [0.4, 0.5) is 13.2 Å². The van der Waals surface area contributed by atoms with Crippen LogP contribution in [0, 0.1) is 0 Å². The lowest BCUT2D eigenvalue weighted by Crippen LogP contribution is -2.36. The number of furan rings is 1. The van der Waals surface area contributed by atoms with Crippen LogP contribution in [-0.4, -0.2) is 31.4 Å². The van der Waals surface area contributed by atoms with Gasteiger partial charge in [0, 0.05) is 19.5 Å². The normalized spacial score (nSPS) is 14.8. The molecule has 0 amide bonds. The highest BCUT2D eigenvalue weighted by Gasteiger charge is 2.36. The number of nitrogens with zero attached hydrogens (tertiary/aromatic N) is 3. The van der Waals surface area contributed by atoms with Crippen molar-refractivity contribution in [2.45, 2.75) is 35.9 Å². The summed E-state index contributed by atoms with van der Waals surface area (Å²) in [6.07, 6.45) is -4.41. The molecule has 0 radical (unpaired) electrons. The molecule has 4 heterocycles. The van der Waals surface area contributed by atoms with Gasteiger partial charge in [-0.3, -0.25) is 9.69 Å². The van der Waals surface area contributed by atoms with E-state index in [2.05, 4.69) is 15.0 Å². The fraction of sp³-hybridized carbons (Fsp3) is 0.250. The van der Waals surface area contributed by atoms with Crippen LogP contribution < -0.4 is 5.56 Å². The van der Waals surface area contributed by atoms with E-state index in [0.717, 1.165) is 11.0 Å². The highest BCUT2D eigenvalue weighted by molar-refractivity contribution is 7.99. The van der Waals surface area contributed by atoms with E-state index in [1.165, 1.54) is 11.8 Å². The van der Waals surface area contributed by atoms with Crippen LogP contribution in [0.25, 0.3) is 11.0 Å². The molecule has 3 aromatic heterocycles. The van der Waals surface area contributed by atoms with Gasteiger partial charge in [0.05, 0.1) is 28.8 Å². The Balaban J connectivity index is 1.28. The van der Waals surface area contributed by atoms with Gasteiger partial charge in [-0.05, 0) is 36.0 Å². The zero-order chi connectivity index (χ0) is 21.6. The van der Waals surface area contributed by atoms with Gasteiger partial charge >= 0.3 is 6.18 Å². The molecule has 2 N–H and O–H groups in total. The maximum absolute atomic E-state index is 12.9. The Kier molecular flexibility index (Phi) is 4.86. The van der Waals surface area contributed by atoms with E-state index in [9.17, 15) is 18.0 Å². The van der Waals surface area contributed by atoms with E-state index in [0.29, 0.717) is 29.1 Å². The number of H-pyrrole nitrogens is 2. The second kappa shape index (κ2) is 7.57. The fourth-order valence-electron chi connectivity index (χ4n) is 3.54. The first-order valence-electron chi connectivity index (χ1n) is 9.48. The number of aromatic nitrogens is 4. The molecule has 0 saturated heterocycles. The third-order valence-electron chi connectivity index (χ3n) is 5.00. The number of para-hydroxylation sites is 2. The Hall–Kier alpha value is -3.05. The van der Waals surface area contributed by atoms with E-state index >= 15 is 0 Å². The Labute approximate surface area is 177 Å². The van der Waals surface area contributed by atoms with Gasteiger partial charge in [0.25, 0.3) is 5.56 Å². The van der Waals surface area contributed by atoms with Crippen molar-refractivity contribution in [2.24, 2.45) is 0 Å². The van der Waals surface area contributed by atoms with Crippen molar-refractivity contribution in [1.29, 1.82) is 0 Å². The zero-order valence-corrected chi connectivity index (χ0v) is 16.8. The molecule has 0 bridgehead atoms. The first-order valence-corrected chi connectivity index (χ1v) is 10.3. The second-order valence-electron chi connectivity index (χ2n) is 7.18. The molecule has 1 aliphatic rings. The SMILES string of the molecule is O=c1[nH]c(C(F)(F)F)nc2c1CN(Cc1ccc(Sc3nc4ccccc4[nH]3)o1)CC2. The van der Waals surface area contributed by atoms with Crippen molar-refractivity contribution in [3.63, 3.8) is 0 Å². The third kappa shape index (κ3) is 4.10. The number of rotatable bonds is 4. The van der Waals surface area contributed by atoms with Crippen LogP contribution in [0.15, 0.2) is 55.9 Å². The number of nitrogens with one attached hydrogen (secondary N) is 2. The summed E-state index contributed by atoms with van der Waals surface area (Å²) in [5, 5.41) is 1.38. The minimum atomic E-state index is -4.67. The van der Waals surface area contributed by atoms with Gasteiger partial charge in [-0.1, -0.05) is 12.1 Å². The van der Waals surface area contributed by atoms with Crippen molar-refractivity contribution < 1.29 is 17.6 Å². The van der Waals surface area contributed by atoms with Crippen LogP contribution in [0.1, 0.15) is 22.8 Å². The predicted molar refractivity (Wildman–Crippen MR) is 107 cm³/mol. The summed E-state index contributed by atoms with van der Waals surface area (Å²) in [5.74, 6) is -0.554. The minimum Gasteiger partial charge on any atom is -0.453 e. The zero-order valence-electron chi connectivity index (χ0n) is 16.0. The summed E-state index contributed by atoms with van der Waals surface area (Å²) in [7, 11) is 0. The van der Waals surface area contributed by atoms with Gasteiger partial charge < -0.3 is 14.4 Å². The molecule has 7 nitrogen and oxygen atoms in total. The summed E-state index contributed by atoms with van der Waals surface area (Å²) < 4.78 is 44.5. The van der Waals surface area contributed by atoms with Gasteiger partial charge in [0.1, 0.15) is 5.76 Å². The first kappa shape index (κ1) is 19.9.